The van der Waals surface area contributed by atoms with Gasteiger partial charge in [-0.05, 0) is 30.7 Å². The van der Waals surface area contributed by atoms with Crippen molar-refractivity contribution in [1.82, 2.24) is 19.9 Å². The molecule has 0 N–H and O–H groups in total. The zero-order chi connectivity index (χ0) is 16.5. The standard InChI is InChI=1S/C16H17FN4O3/c17-11-1-3-13(4-2-11)23-10-16(22)20-6-5-15-14(8-20)21-12(9-24-15)7-18-19-21/h1-4,7,14-15H,5-6,8-10H2/t14-,15-/m1/s1. The number of halogens is 1. The van der Waals surface area contributed by atoms with Crippen LogP contribution in [0.15, 0.2) is 30.5 Å². The molecule has 4 rings (SSSR count). The molecule has 0 spiro atoms. The highest BCUT2D eigenvalue weighted by Gasteiger charge is 2.37. The third-order valence-electron chi connectivity index (χ3n) is 4.46. The molecule has 0 aliphatic carbocycles. The molecule has 1 amide bonds. The van der Waals surface area contributed by atoms with Gasteiger partial charge in [-0.25, -0.2) is 9.07 Å². The minimum absolute atomic E-state index is 0.0141. The third-order valence-corrected chi connectivity index (χ3v) is 4.46. The number of likely N-dealkylation sites (tertiary alicyclic amines) is 1. The lowest BCUT2D eigenvalue weighted by Gasteiger charge is -2.40. The zero-order valence-electron chi connectivity index (χ0n) is 13.0. The quantitative estimate of drug-likeness (QED) is 0.844. The van der Waals surface area contributed by atoms with Crippen molar-refractivity contribution in [3.05, 3.63) is 42.0 Å². The summed E-state index contributed by atoms with van der Waals surface area (Å²) in [7, 11) is 0. The van der Waals surface area contributed by atoms with Crippen LogP contribution >= 0.6 is 0 Å². The minimum Gasteiger partial charge on any atom is -0.484 e. The Morgan fingerprint density at radius 1 is 1.38 bits per heavy atom. The van der Waals surface area contributed by atoms with Gasteiger partial charge in [0.2, 0.25) is 0 Å². The van der Waals surface area contributed by atoms with Crippen LogP contribution in [0.5, 0.6) is 5.75 Å². The Balaban J connectivity index is 1.39. The van der Waals surface area contributed by atoms with E-state index in [9.17, 15) is 9.18 Å². The molecule has 3 heterocycles. The van der Waals surface area contributed by atoms with E-state index in [-0.39, 0.29) is 30.5 Å². The molecule has 1 aromatic heterocycles. The molecule has 2 aromatic rings. The van der Waals surface area contributed by atoms with Gasteiger partial charge >= 0.3 is 0 Å². The van der Waals surface area contributed by atoms with E-state index < -0.39 is 0 Å². The lowest BCUT2D eigenvalue weighted by molar-refractivity contribution is -0.140. The summed E-state index contributed by atoms with van der Waals surface area (Å²) in [6.07, 6.45) is 2.50. The average Bonchev–Trinajstić information content (AvgIpc) is 3.09. The topological polar surface area (TPSA) is 69.5 Å². The van der Waals surface area contributed by atoms with Crippen molar-refractivity contribution in [2.45, 2.75) is 25.2 Å². The van der Waals surface area contributed by atoms with Gasteiger partial charge in [-0.2, -0.15) is 0 Å². The van der Waals surface area contributed by atoms with Crippen molar-refractivity contribution in [3.63, 3.8) is 0 Å². The maximum Gasteiger partial charge on any atom is 0.260 e. The van der Waals surface area contributed by atoms with Crippen molar-refractivity contribution in [2.24, 2.45) is 0 Å². The lowest BCUT2D eigenvalue weighted by Crippen LogP contribution is -2.50. The number of piperidine rings is 1. The van der Waals surface area contributed by atoms with Gasteiger partial charge in [0.05, 0.1) is 30.6 Å². The second-order valence-corrected chi connectivity index (χ2v) is 5.96. The first-order chi connectivity index (χ1) is 11.7. The summed E-state index contributed by atoms with van der Waals surface area (Å²) in [6, 6.07) is 5.60. The van der Waals surface area contributed by atoms with Crippen molar-refractivity contribution in [2.75, 3.05) is 19.7 Å². The highest BCUT2D eigenvalue weighted by atomic mass is 19.1. The van der Waals surface area contributed by atoms with E-state index in [0.29, 0.717) is 25.4 Å². The largest absolute Gasteiger partial charge is 0.484 e. The Bertz CT molecular complexity index is 733. The number of amides is 1. The van der Waals surface area contributed by atoms with E-state index in [0.717, 1.165) is 12.1 Å². The molecule has 2 aliphatic heterocycles. The van der Waals surface area contributed by atoms with Crippen LogP contribution in [-0.2, 0) is 16.1 Å². The number of carbonyl (C=O) groups is 1. The van der Waals surface area contributed by atoms with Gasteiger partial charge in [0.1, 0.15) is 11.6 Å². The Hall–Kier alpha value is -2.48. The van der Waals surface area contributed by atoms with E-state index in [2.05, 4.69) is 10.3 Å². The van der Waals surface area contributed by atoms with E-state index in [1.165, 1.54) is 24.3 Å². The minimum atomic E-state index is -0.336. The number of fused-ring (bicyclic) bond motifs is 3. The summed E-state index contributed by atoms with van der Waals surface area (Å²) in [4.78, 5) is 14.2. The van der Waals surface area contributed by atoms with Gasteiger partial charge in [-0.15, -0.1) is 5.10 Å². The number of benzene rings is 1. The molecule has 126 valence electrons. The maximum atomic E-state index is 12.9. The van der Waals surface area contributed by atoms with Crippen molar-refractivity contribution < 1.29 is 18.7 Å². The molecule has 1 fully saturated rings. The molecule has 0 unspecified atom stereocenters. The van der Waals surface area contributed by atoms with Crippen LogP contribution in [0.25, 0.3) is 0 Å². The third kappa shape index (κ3) is 2.84. The highest BCUT2D eigenvalue weighted by molar-refractivity contribution is 5.78. The first-order valence-corrected chi connectivity index (χ1v) is 7.87. The molecule has 24 heavy (non-hydrogen) atoms. The Kier molecular flexibility index (Phi) is 3.89. The van der Waals surface area contributed by atoms with Crippen LogP contribution in [0.2, 0.25) is 0 Å². The molecule has 1 saturated heterocycles. The van der Waals surface area contributed by atoms with Crippen LogP contribution in [-0.4, -0.2) is 51.6 Å². The smallest absolute Gasteiger partial charge is 0.260 e. The normalized spacial score (nSPS) is 22.6. The number of nitrogens with zero attached hydrogens (tertiary/aromatic N) is 4. The van der Waals surface area contributed by atoms with Crippen molar-refractivity contribution in [3.8, 4) is 5.75 Å². The van der Waals surface area contributed by atoms with Crippen molar-refractivity contribution >= 4 is 5.91 Å². The lowest BCUT2D eigenvalue weighted by atomic mass is 10.0. The number of hydrogen-bond acceptors (Lipinski definition) is 5. The SMILES string of the molecule is O=C(COc1ccc(F)cc1)N1CC[C@H]2OCc3cnnn3[C@@H]2C1. The molecule has 0 bridgehead atoms. The molecule has 8 heteroatoms. The van der Waals surface area contributed by atoms with E-state index in [1.807, 2.05) is 4.68 Å². The summed E-state index contributed by atoms with van der Waals surface area (Å²) in [5.41, 5.74) is 0.924. The molecular weight excluding hydrogens is 315 g/mol. The second kappa shape index (κ2) is 6.20. The molecule has 0 radical (unpaired) electrons. The Labute approximate surface area is 138 Å². The molecule has 1 aromatic carbocycles. The van der Waals surface area contributed by atoms with Gasteiger partial charge in [0, 0.05) is 13.1 Å². The summed E-state index contributed by atoms with van der Waals surface area (Å²) in [5.74, 6) is 0.0286. The molecular formula is C16H17FN4O3. The van der Waals surface area contributed by atoms with Crippen molar-refractivity contribution in [1.29, 1.82) is 0 Å². The summed E-state index contributed by atoms with van der Waals surface area (Å²) in [6.45, 7) is 1.58. The molecule has 2 aliphatic rings. The van der Waals surface area contributed by atoms with E-state index in [4.69, 9.17) is 9.47 Å². The van der Waals surface area contributed by atoms with E-state index >= 15 is 0 Å². The number of carbonyl (C=O) groups excluding carboxylic acids is 1. The number of rotatable bonds is 3. The number of aromatic nitrogens is 3. The fraction of sp³-hybridized carbons (Fsp3) is 0.438. The van der Waals surface area contributed by atoms with Crippen LogP contribution in [0, 0.1) is 5.82 Å². The van der Waals surface area contributed by atoms with Crippen LogP contribution in [0.1, 0.15) is 18.2 Å². The van der Waals surface area contributed by atoms with Gasteiger partial charge < -0.3 is 14.4 Å². The maximum absolute atomic E-state index is 12.9. The zero-order valence-corrected chi connectivity index (χ0v) is 13.0. The first-order valence-electron chi connectivity index (χ1n) is 7.87. The van der Waals surface area contributed by atoms with Crippen LogP contribution < -0.4 is 4.74 Å². The fourth-order valence-corrected chi connectivity index (χ4v) is 3.17. The predicted molar refractivity (Wildman–Crippen MR) is 80.7 cm³/mol. The number of ether oxygens (including phenoxy) is 2. The van der Waals surface area contributed by atoms with Gasteiger partial charge in [0.15, 0.2) is 6.61 Å². The summed E-state index contributed by atoms with van der Waals surface area (Å²) < 4.78 is 26.0. The molecule has 2 atom stereocenters. The Morgan fingerprint density at radius 2 is 2.21 bits per heavy atom. The van der Waals surface area contributed by atoms with Crippen LogP contribution in [0.4, 0.5) is 4.39 Å². The van der Waals surface area contributed by atoms with E-state index in [1.54, 1.807) is 11.1 Å². The van der Waals surface area contributed by atoms with Gasteiger partial charge in [-0.1, -0.05) is 5.21 Å². The van der Waals surface area contributed by atoms with Gasteiger partial charge in [-0.3, -0.25) is 4.79 Å². The first kappa shape index (κ1) is 15.1. The molecule has 0 saturated carbocycles. The average molecular weight is 332 g/mol. The monoisotopic (exact) mass is 332 g/mol. The second-order valence-electron chi connectivity index (χ2n) is 5.96. The summed E-state index contributed by atoms with van der Waals surface area (Å²) >= 11 is 0. The summed E-state index contributed by atoms with van der Waals surface area (Å²) in [5, 5.41) is 8.04. The number of hydrogen-bond donors (Lipinski definition) is 0. The highest BCUT2D eigenvalue weighted by Crippen LogP contribution is 2.30. The van der Waals surface area contributed by atoms with Crippen LogP contribution in [0.3, 0.4) is 0 Å². The fourth-order valence-electron chi connectivity index (χ4n) is 3.17. The van der Waals surface area contributed by atoms with Gasteiger partial charge in [0.25, 0.3) is 5.91 Å². The molecule has 7 nitrogen and oxygen atoms in total. The Morgan fingerprint density at radius 3 is 3.04 bits per heavy atom. The predicted octanol–water partition coefficient (Wildman–Crippen LogP) is 1.17.